The first-order valence-corrected chi connectivity index (χ1v) is 7.82. The Labute approximate surface area is 144 Å². The average Bonchev–Trinajstić information content (AvgIpc) is 2.67. The van der Waals surface area contributed by atoms with E-state index in [4.69, 9.17) is 4.74 Å². The zero-order valence-corrected chi connectivity index (χ0v) is 13.7. The fraction of sp³-hybridized carbons (Fsp3) is 0.158. The van der Waals surface area contributed by atoms with E-state index < -0.39 is 12.0 Å². The first kappa shape index (κ1) is 16.6. The standard InChI is InChI=1S/C19H17N3O3/c1-25-19(24)17(22-18(23)13-7-3-2-4-8-13)11-14-12-20-15-9-5-6-10-16(15)21-14/h2-10,12,17H,11H2,1H3,(H,22,23)/t17-/m0/s1. The summed E-state index contributed by atoms with van der Waals surface area (Å²) in [5.41, 5.74) is 2.58. The number of carbonyl (C=O) groups excluding carboxylic acids is 2. The van der Waals surface area contributed by atoms with Crippen molar-refractivity contribution in [2.75, 3.05) is 7.11 Å². The second-order valence-corrected chi connectivity index (χ2v) is 5.47. The summed E-state index contributed by atoms with van der Waals surface area (Å²) in [4.78, 5) is 33.2. The second-order valence-electron chi connectivity index (χ2n) is 5.47. The summed E-state index contributed by atoms with van der Waals surface area (Å²) in [5.74, 6) is -0.871. The van der Waals surface area contributed by atoms with Crippen molar-refractivity contribution in [3.05, 3.63) is 72.1 Å². The van der Waals surface area contributed by atoms with Crippen LogP contribution in [-0.4, -0.2) is 35.0 Å². The molecule has 0 aliphatic carbocycles. The number of hydrogen-bond donors (Lipinski definition) is 1. The molecule has 0 saturated heterocycles. The van der Waals surface area contributed by atoms with Gasteiger partial charge < -0.3 is 10.1 Å². The summed E-state index contributed by atoms with van der Waals surface area (Å²) in [6.07, 6.45) is 1.80. The van der Waals surface area contributed by atoms with Gasteiger partial charge in [-0.15, -0.1) is 0 Å². The normalized spacial score (nSPS) is 11.7. The molecule has 0 spiro atoms. The van der Waals surface area contributed by atoms with Gasteiger partial charge in [-0.25, -0.2) is 9.78 Å². The van der Waals surface area contributed by atoms with Crippen LogP contribution in [0.25, 0.3) is 11.0 Å². The summed E-state index contributed by atoms with van der Waals surface area (Å²) in [7, 11) is 1.29. The van der Waals surface area contributed by atoms with Crippen molar-refractivity contribution in [3.63, 3.8) is 0 Å². The molecule has 1 aromatic heterocycles. The Morgan fingerprint density at radius 2 is 1.72 bits per heavy atom. The van der Waals surface area contributed by atoms with Crippen LogP contribution in [-0.2, 0) is 16.0 Å². The number of carbonyl (C=O) groups is 2. The van der Waals surface area contributed by atoms with Gasteiger partial charge in [0.2, 0.25) is 0 Å². The van der Waals surface area contributed by atoms with Crippen molar-refractivity contribution < 1.29 is 14.3 Å². The van der Waals surface area contributed by atoms with E-state index >= 15 is 0 Å². The second kappa shape index (κ2) is 7.53. The Morgan fingerprint density at radius 3 is 2.44 bits per heavy atom. The Balaban J connectivity index is 1.80. The minimum atomic E-state index is -0.840. The topological polar surface area (TPSA) is 81.2 Å². The maximum atomic E-state index is 12.3. The smallest absolute Gasteiger partial charge is 0.328 e. The van der Waals surface area contributed by atoms with Gasteiger partial charge in [0.05, 0.1) is 23.8 Å². The number of hydrogen-bond acceptors (Lipinski definition) is 5. The summed E-state index contributed by atoms with van der Waals surface area (Å²) < 4.78 is 4.81. The Hall–Kier alpha value is -3.28. The number of benzene rings is 2. The van der Waals surface area contributed by atoms with E-state index in [-0.39, 0.29) is 12.3 Å². The Morgan fingerprint density at radius 1 is 1.04 bits per heavy atom. The molecule has 6 heteroatoms. The highest BCUT2D eigenvalue weighted by molar-refractivity contribution is 5.96. The minimum Gasteiger partial charge on any atom is -0.467 e. The number of ether oxygens (including phenoxy) is 1. The predicted octanol–water partition coefficient (Wildman–Crippen LogP) is 2.14. The van der Waals surface area contributed by atoms with Crippen LogP contribution >= 0.6 is 0 Å². The summed E-state index contributed by atoms with van der Waals surface area (Å²) >= 11 is 0. The number of fused-ring (bicyclic) bond motifs is 1. The quantitative estimate of drug-likeness (QED) is 0.723. The van der Waals surface area contributed by atoms with Crippen LogP contribution in [0.1, 0.15) is 16.1 Å². The maximum Gasteiger partial charge on any atom is 0.328 e. The molecule has 1 N–H and O–H groups in total. The fourth-order valence-electron chi connectivity index (χ4n) is 2.47. The number of nitrogens with zero attached hydrogens (tertiary/aromatic N) is 2. The van der Waals surface area contributed by atoms with E-state index in [0.717, 1.165) is 11.0 Å². The van der Waals surface area contributed by atoms with Crippen LogP contribution in [0.5, 0.6) is 0 Å². The third-order valence-electron chi connectivity index (χ3n) is 3.74. The molecule has 0 bridgehead atoms. The lowest BCUT2D eigenvalue weighted by atomic mass is 10.1. The van der Waals surface area contributed by atoms with Gasteiger partial charge in [-0.2, -0.15) is 0 Å². The lowest BCUT2D eigenvalue weighted by Gasteiger charge is -2.16. The molecule has 0 radical (unpaired) electrons. The number of nitrogens with one attached hydrogen (secondary N) is 1. The molecule has 0 aliphatic heterocycles. The van der Waals surface area contributed by atoms with Crippen molar-refractivity contribution in [3.8, 4) is 0 Å². The molecular weight excluding hydrogens is 318 g/mol. The van der Waals surface area contributed by atoms with Crippen LogP contribution in [0, 0.1) is 0 Å². The van der Waals surface area contributed by atoms with E-state index in [2.05, 4.69) is 15.3 Å². The van der Waals surface area contributed by atoms with Gasteiger partial charge in [0.1, 0.15) is 6.04 Å². The highest BCUT2D eigenvalue weighted by Gasteiger charge is 2.23. The molecule has 1 atom stereocenters. The monoisotopic (exact) mass is 335 g/mol. The first-order valence-electron chi connectivity index (χ1n) is 7.82. The molecule has 0 aliphatic rings. The number of aromatic nitrogens is 2. The molecule has 1 amide bonds. The molecule has 0 fully saturated rings. The molecule has 0 unspecified atom stereocenters. The summed E-state index contributed by atoms with van der Waals surface area (Å²) in [6, 6.07) is 15.3. The lowest BCUT2D eigenvalue weighted by Crippen LogP contribution is -2.43. The number of rotatable bonds is 5. The highest BCUT2D eigenvalue weighted by Crippen LogP contribution is 2.10. The Kier molecular flexibility index (Phi) is 4.99. The zero-order valence-electron chi connectivity index (χ0n) is 13.7. The van der Waals surface area contributed by atoms with Gasteiger partial charge in [-0.3, -0.25) is 9.78 Å². The van der Waals surface area contributed by atoms with Crippen LogP contribution < -0.4 is 5.32 Å². The van der Waals surface area contributed by atoms with E-state index in [1.165, 1.54) is 7.11 Å². The molecule has 25 heavy (non-hydrogen) atoms. The van der Waals surface area contributed by atoms with Gasteiger partial charge in [0, 0.05) is 18.2 Å². The molecule has 6 nitrogen and oxygen atoms in total. The number of amides is 1. The van der Waals surface area contributed by atoms with E-state index in [9.17, 15) is 9.59 Å². The minimum absolute atomic E-state index is 0.198. The average molecular weight is 335 g/mol. The third-order valence-corrected chi connectivity index (χ3v) is 3.74. The molecule has 3 rings (SSSR count). The molecule has 0 saturated carbocycles. The zero-order chi connectivity index (χ0) is 17.6. The summed E-state index contributed by atoms with van der Waals surface area (Å²) in [5, 5.41) is 2.70. The maximum absolute atomic E-state index is 12.3. The van der Waals surface area contributed by atoms with Gasteiger partial charge in [-0.1, -0.05) is 30.3 Å². The number of methoxy groups -OCH3 is 1. The molecule has 2 aromatic carbocycles. The molecule has 126 valence electrons. The van der Waals surface area contributed by atoms with Crippen molar-refractivity contribution >= 4 is 22.9 Å². The number of para-hydroxylation sites is 2. The van der Waals surface area contributed by atoms with E-state index in [1.807, 2.05) is 30.3 Å². The van der Waals surface area contributed by atoms with E-state index in [1.54, 1.807) is 30.5 Å². The number of esters is 1. The van der Waals surface area contributed by atoms with Crippen molar-refractivity contribution in [1.29, 1.82) is 0 Å². The SMILES string of the molecule is COC(=O)[C@H](Cc1cnc2ccccc2n1)NC(=O)c1ccccc1. The van der Waals surface area contributed by atoms with Gasteiger partial charge in [0.25, 0.3) is 5.91 Å². The van der Waals surface area contributed by atoms with Crippen LogP contribution in [0.3, 0.4) is 0 Å². The van der Waals surface area contributed by atoms with Crippen molar-refractivity contribution in [2.45, 2.75) is 12.5 Å². The van der Waals surface area contributed by atoms with Crippen molar-refractivity contribution in [1.82, 2.24) is 15.3 Å². The van der Waals surface area contributed by atoms with E-state index in [0.29, 0.717) is 11.3 Å². The van der Waals surface area contributed by atoms with Gasteiger partial charge in [-0.05, 0) is 24.3 Å². The van der Waals surface area contributed by atoms with Gasteiger partial charge >= 0.3 is 5.97 Å². The van der Waals surface area contributed by atoms with Crippen LogP contribution in [0.4, 0.5) is 0 Å². The van der Waals surface area contributed by atoms with Gasteiger partial charge in [0.15, 0.2) is 0 Å². The largest absolute Gasteiger partial charge is 0.467 e. The van der Waals surface area contributed by atoms with Crippen LogP contribution in [0.15, 0.2) is 60.8 Å². The predicted molar refractivity (Wildman–Crippen MR) is 93.0 cm³/mol. The lowest BCUT2D eigenvalue weighted by molar-refractivity contribution is -0.142. The molecule has 1 heterocycles. The fourth-order valence-corrected chi connectivity index (χ4v) is 2.47. The molecular formula is C19H17N3O3. The van der Waals surface area contributed by atoms with Crippen LogP contribution in [0.2, 0.25) is 0 Å². The third kappa shape index (κ3) is 3.98. The van der Waals surface area contributed by atoms with Crippen molar-refractivity contribution in [2.24, 2.45) is 0 Å². The first-order chi connectivity index (χ1) is 12.2. The summed E-state index contributed by atoms with van der Waals surface area (Å²) in [6.45, 7) is 0. The highest BCUT2D eigenvalue weighted by atomic mass is 16.5. The molecule has 3 aromatic rings. The Bertz CT molecular complexity index is 897.